The molecule has 11 heavy (non-hydrogen) atoms. The van der Waals surface area contributed by atoms with Crippen LogP contribution in [0.15, 0.2) is 6.08 Å². The van der Waals surface area contributed by atoms with Crippen LogP contribution in [0.3, 0.4) is 0 Å². The lowest BCUT2D eigenvalue weighted by Crippen LogP contribution is -2.08. The monoisotopic (exact) mass is 156 g/mol. The minimum atomic E-state index is 0. The Morgan fingerprint density at radius 1 is 1.55 bits per heavy atom. The maximum Gasteiger partial charge on any atom is 0.00175 e. The first-order valence-corrected chi connectivity index (χ1v) is 4.64. The molecule has 2 atom stereocenters. The zero-order chi connectivity index (χ0) is 8.69. The molecule has 1 aliphatic rings. The second-order valence-corrected chi connectivity index (χ2v) is 2.68. The lowest BCUT2D eigenvalue weighted by atomic mass is 9.94. The number of hydrogen-bond donors (Lipinski definition) is 1. The fourth-order valence-corrected chi connectivity index (χ4v) is 1.43. The van der Waals surface area contributed by atoms with Gasteiger partial charge in [-0.2, -0.15) is 0 Å². The van der Waals surface area contributed by atoms with Crippen LogP contribution in [0.4, 0.5) is 0 Å². The van der Waals surface area contributed by atoms with Gasteiger partial charge in [-0.05, 0) is 18.4 Å². The van der Waals surface area contributed by atoms with E-state index in [1.165, 1.54) is 6.42 Å². The van der Waals surface area contributed by atoms with Gasteiger partial charge in [-0.25, -0.2) is 0 Å². The highest BCUT2D eigenvalue weighted by Crippen LogP contribution is 2.19. The predicted octanol–water partition coefficient (Wildman–Crippen LogP) is 2.49. The molecule has 0 aromatic carbocycles. The van der Waals surface area contributed by atoms with Crippen LogP contribution in [0, 0.1) is 18.4 Å². The lowest BCUT2D eigenvalue weighted by Gasteiger charge is -2.10. The van der Waals surface area contributed by atoms with Crippen molar-refractivity contribution in [1.82, 2.24) is 5.32 Å². The lowest BCUT2D eigenvalue weighted by molar-refractivity contribution is 0.478. The van der Waals surface area contributed by atoms with E-state index in [9.17, 15) is 0 Å². The fraction of sp³-hybridized carbons (Fsp3) is 0.800. The summed E-state index contributed by atoms with van der Waals surface area (Å²) in [6, 6.07) is 0. The first-order valence-electron chi connectivity index (χ1n) is 4.64. The van der Waals surface area contributed by atoms with Crippen LogP contribution < -0.4 is 5.32 Å². The Bertz CT molecular complexity index is 104. The Morgan fingerprint density at radius 2 is 2.18 bits per heavy atom. The molecule has 0 bridgehead atoms. The van der Waals surface area contributed by atoms with Gasteiger partial charge in [0.1, 0.15) is 0 Å². The maximum absolute atomic E-state index is 5.43. The van der Waals surface area contributed by atoms with Gasteiger partial charge in [-0.15, -0.1) is 0 Å². The summed E-state index contributed by atoms with van der Waals surface area (Å²) in [7, 11) is 0. The van der Waals surface area contributed by atoms with E-state index in [1.807, 2.05) is 19.9 Å². The third-order valence-electron chi connectivity index (χ3n) is 2.16. The van der Waals surface area contributed by atoms with E-state index >= 15 is 0 Å². The topological polar surface area (TPSA) is 12.0 Å². The van der Waals surface area contributed by atoms with Crippen LogP contribution in [0.5, 0.6) is 0 Å². The zero-order valence-electron chi connectivity index (χ0n) is 7.93. The van der Waals surface area contributed by atoms with Crippen molar-refractivity contribution < 1.29 is 1.43 Å². The van der Waals surface area contributed by atoms with E-state index < -0.39 is 0 Å². The molecule has 1 N–H and O–H groups in total. The summed E-state index contributed by atoms with van der Waals surface area (Å²) >= 11 is 0. The zero-order valence-corrected chi connectivity index (χ0v) is 7.93. The Morgan fingerprint density at radius 3 is 2.55 bits per heavy atom. The van der Waals surface area contributed by atoms with E-state index in [0.29, 0.717) is 5.92 Å². The van der Waals surface area contributed by atoms with Crippen LogP contribution >= 0.6 is 0 Å². The van der Waals surface area contributed by atoms with Gasteiger partial charge < -0.3 is 5.32 Å². The minimum Gasteiger partial charge on any atom is -0.316 e. The predicted molar refractivity (Wildman–Crippen MR) is 52.5 cm³/mol. The van der Waals surface area contributed by atoms with Crippen molar-refractivity contribution in [3.63, 3.8) is 0 Å². The quantitative estimate of drug-likeness (QED) is 0.647. The van der Waals surface area contributed by atoms with E-state index in [-0.39, 0.29) is 1.43 Å². The first-order chi connectivity index (χ1) is 5.38. The van der Waals surface area contributed by atoms with E-state index in [2.05, 4.69) is 12.2 Å². The van der Waals surface area contributed by atoms with Crippen molar-refractivity contribution in [3.8, 4) is 0 Å². The molecule has 0 spiro atoms. The van der Waals surface area contributed by atoms with Crippen molar-refractivity contribution in [2.75, 3.05) is 13.1 Å². The van der Waals surface area contributed by atoms with Crippen molar-refractivity contribution in [1.29, 1.82) is 0 Å². The molecule has 0 saturated carbocycles. The van der Waals surface area contributed by atoms with Gasteiger partial charge in [0.05, 0.1) is 0 Å². The van der Waals surface area contributed by atoms with Gasteiger partial charge >= 0.3 is 0 Å². The van der Waals surface area contributed by atoms with Gasteiger partial charge in [0.25, 0.3) is 0 Å². The summed E-state index contributed by atoms with van der Waals surface area (Å²) in [5.41, 5.74) is 0. The van der Waals surface area contributed by atoms with E-state index in [0.717, 1.165) is 19.0 Å². The molecular formula is C10H22N. The molecule has 1 rings (SSSR count). The Kier molecular flexibility index (Phi) is 6.24. The molecule has 67 valence electrons. The van der Waals surface area contributed by atoms with Gasteiger partial charge in [0.2, 0.25) is 0 Å². The second kappa shape index (κ2) is 6.41. The fourth-order valence-electron chi connectivity index (χ4n) is 1.43. The van der Waals surface area contributed by atoms with Crippen molar-refractivity contribution in [2.24, 2.45) is 11.8 Å². The van der Waals surface area contributed by atoms with Gasteiger partial charge in [-0.3, -0.25) is 0 Å². The van der Waals surface area contributed by atoms with E-state index in [1.54, 1.807) is 0 Å². The molecule has 1 aliphatic heterocycles. The van der Waals surface area contributed by atoms with Crippen LogP contribution in [0.25, 0.3) is 0 Å². The van der Waals surface area contributed by atoms with Crippen LogP contribution in [0.2, 0.25) is 0 Å². The van der Waals surface area contributed by atoms with E-state index in [4.69, 9.17) is 6.58 Å². The highest BCUT2D eigenvalue weighted by Gasteiger charge is 2.21. The molecule has 1 nitrogen and oxygen atoms in total. The summed E-state index contributed by atoms with van der Waals surface area (Å²) in [5.74, 6) is 1.41. The third-order valence-corrected chi connectivity index (χ3v) is 2.16. The highest BCUT2D eigenvalue weighted by atomic mass is 14.9. The standard InChI is InChI=1S/C8H14N.C2H6.H2/c1-3-7-5-9-6-8(7)4-2;1-2;/h1,3,7-9H,4-6H2,2H3;1-2H3;1H. The number of rotatable bonds is 2. The Balaban J connectivity index is 0. The summed E-state index contributed by atoms with van der Waals surface area (Å²) in [5, 5.41) is 3.31. The largest absolute Gasteiger partial charge is 0.316 e. The molecular weight excluding hydrogens is 134 g/mol. The highest BCUT2D eigenvalue weighted by molar-refractivity contribution is 4.89. The van der Waals surface area contributed by atoms with Gasteiger partial charge in [0.15, 0.2) is 0 Å². The van der Waals surface area contributed by atoms with Crippen LogP contribution in [-0.4, -0.2) is 13.1 Å². The average Bonchev–Trinajstić information content (AvgIpc) is 2.54. The van der Waals surface area contributed by atoms with Crippen molar-refractivity contribution in [3.05, 3.63) is 12.7 Å². The summed E-state index contributed by atoms with van der Waals surface area (Å²) in [6.45, 7) is 13.9. The minimum absolute atomic E-state index is 0. The number of hydrogen-bond acceptors (Lipinski definition) is 1. The van der Waals surface area contributed by atoms with Crippen molar-refractivity contribution >= 4 is 0 Å². The molecule has 1 saturated heterocycles. The molecule has 0 aromatic heterocycles. The maximum atomic E-state index is 5.43. The summed E-state index contributed by atoms with van der Waals surface area (Å²) < 4.78 is 0. The molecule has 2 unspecified atom stereocenters. The summed E-state index contributed by atoms with van der Waals surface area (Å²) in [4.78, 5) is 0. The smallest absolute Gasteiger partial charge is 0.00175 e. The molecule has 0 aliphatic carbocycles. The van der Waals surface area contributed by atoms with Crippen LogP contribution in [-0.2, 0) is 0 Å². The molecule has 0 aromatic rings. The first kappa shape index (κ1) is 10.7. The molecule has 1 radical (unpaired) electrons. The third kappa shape index (κ3) is 3.06. The van der Waals surface area contributed by atoms with Crippen molar-refractivity contribution in [2.45, 2.75) is 27.2 Å². The second-order valence-electron chi connectivity index (χ2n) is 2.68. The molecule has 1 heteroatoms. The SMILES string of the molecule is CC.[CH]=CC1CNCC1CC.[HH]. The molecule has 0 amide bonds. The normalized spacial score (nSPS) is 29.0. The van der Waals surface area contributed by atoms with Crippen LogP contribution in [0.1, 0.15) is 28.6 Å². The van der Waals surface area contributed by atoms with Gasteiger partial charge in [-0.1, -0.05) is 39.8 Å². The molecule has 1 fully saturated rings. The summed E-state index contributed by atoms with van der Waals surface area (Å²) in [6.07, 6.45) is 3.07. The molecule has 1 heterocycles. The number of nitrogens with one attached hydrogen (secondary N) is 1. The Hall–Kier alpha value is -0.300. The Labute approximate surface area is 72.4 Å². The average molecular weight is 156 g/mol. The van der Waals surface area contributed by atoms with Gasteiger partial charge in [0, 0.05) is 7.97 Å².